The van der Waals surface area contributed by atoms with Gasteiger partial charge in [0.2, 0.25) is 5.41 Å². The van der Waals surface area contributed by atoms with Crippen molar-refractivity contribution in [3.8, 4) is 18.2 Å². The smallest absolute Gasteiger partial charge is 0.330 e. The standard InChI is InChI=1S/C22H17ClN6O2/c1-2-31-17(30)8-13-7-15(12-3-5-14(23)6-4-12)18-19(27)16(9-24)21(28)29-20(18)22(13,10-25)11-26/h3-6,8,15H,2,7H2,1H3,(H4,27,28,29)/b13-8+. The van der Waals surface area contributed by atoms with Gasteiger partial charge in [0.05, 0.1) is 30.1 Å². The molecule has 1 aromatic heterocycles. The Morgan fingerprint density at radius 1 is 1.29 bits per heavy atom. The molecule has 0 spiro atoms. The summed E-state index contributed by atoms with van der Waals surface area (Å²) in [4.78, 5) is 16.5. The van der Waals surface area contributed by atoms with E-state index in [2.05, 4.69) is 4.98 Å². The molecule has 8 nitrogen and oxygen atoms in total. The number of nitrogen functional groups attached to an aromatic ring is 2. The topological polar surface area (TPSA) is 163 Å². The summed E-state index contributed by atoms with van der Waals surface area (Å²) in [6.45, 7) is 1.78. The van der Waals surface area contributed by atoms with Crippen LogP contribution in [0.4, 0.5) is 11.5 Å². The minimum absolute atomic E-state index is 0.00764. The van der Waals surface area contributed by atoms with Crippen molar-refractivity contribution in [3.63, 3.8) is 0 Å². The highest BCUT2D eigenvalue weighted by molar-refractivity contribution is 6.30. The van der Waals surface area contributed by atoms with Crippen LogP contribution in [-0.4, -0.2) is 17.6 Å². The Morgan fingerprint density at radius 2 is 1.94 bits per heavy atom. The van der Waals surface area contributed by atoms with E-state index >= 15 is 0 Å². The van der Waals surface area contributed by atoms with Crippen molar-refractivity contribution in [2.45, 2.75) is 24.7 Å². The molecule has 4 N–H and O–H groups in total. The fraction of sp³-hybridized carbons (Fsp3) is 0.227. The second-order valence-corrected chi connectivity index (χ2v) is 7.30. The van der Waals surface area contributed by atoms with Gasteiger partial charge in [-0.05, 0) is 36.6 Å². The van der Waals surface area contributed by atoms with Gasteiger partial charge in [0, 0.05) is 22.6 Å². The van der Waals surface area contributed by atoms with Gasteiger partial charge in [0.25, 0.3) is 0 Å². The van der Waals surface area contributed by atoms with E-state index in [1.807, 2.05) is 18.2 Å². The summed E-state index contributed by atoms with van der Waals surface area (Å²) < 4.78 is 4.99. The van der Waals surface area contributed by atoms with Gasteiger partial charge in [0.15, 0.2) is 0 Å². The minimum atomic E-state index is -1.92. The molecule has 0 aliphatic heterocycles. The molecule has 0 saturated heterocycles. The number of hydrogen-bond donors (Lipinski definition) is 2. The molecule has 1 atom stereocenters. The second kappa shape index (κ2) is 8.36. The summed E-state index contributed by atoms with van der Waals surface area (Å²) >= 11 is 6.02. The average molecular weight is 433 g/mol. The van der Waals surface area contributed by atoms with E-state index in [0.29, 0.717) is 10.6 Å². The first-order valence-electron chi connectivity index (χ1n) is 9.28. The lowest BCUT2D eigenvalue weighted by Crippen LogP contribution is -2.36. The number of esters is 1. The molecule has 1 unspecified atom stereocenters. The largest absolute Gasteiger partial charge is 0.463 e. The van der Waals surface area contributed by atoms with Crippen molar-refractivity contribution in [2.75, 3.05) is 18.1 Å². The molecule has 1 heterocycles. The Kier molecular flexibility index (Phi) is 5.83. The Morgan fingerprint density at radius 3 is 2.48 bits per heavy atom. The molecule has 0 amide bonds. The number of pyridine rings is 1. The maximum Gasteiger partial charge on any atom is 0.330 e. The fourth-order valence-corrected chi connectivity index (χ4v) is 3.89. The number of nitrogens with two attached hydrogens (primary N) is 2. The van der Waals surface area contributed by atoms with Crippen LogP contribution in [0.2, 0.25) is 5.02 Å². The maximum atomic E-state index is 12.2. The molecule has 3 rings (SSSR count). The molecule has 31 heavy (non-hydrogen) atoms. The number of halogens is 1. The number of hydrogen-bond acceptors (Lipinski definition) is 8. The van der Waals surface area contributed by atoms with E-state index in [4.69, 9.17) is 27.8 Å². The predicted octanol–water partition coefficient (Wildman–Crippen LogP) is 3.08. The van der Waals surface area contributed by atoms with Crippen molar-refractivity contribution in [3.05, 3.63) is 63.3 Å². The number of carbonyl (C=O) groups excluding carboxylic acids is 1. The van der Waals surface area contributed by atoms with Crippen LogP contribution < -0.4 is 11.5 Å². The highest BCUT2D eigenvalue weighted by Crippen LogP contribution is 2.50. The van der Waals surface area contributed by atoms with Crippen LogP contribution in [0.5, 0.6) is 0 Å². The molecule has 154 valence electrons. The zero-order valence-electron chi connectivity index (χ0n) is 16.5. The number of anilines is 2. The van der Waals surface area contributed by atoms with Crippen LogP contribution in [0.3, 0.4) is 0 Å². The number of nitrogens with zero attached hydrogens (tertiary/aromatic N) is 4. The number of rotatable bonds is 3. The molecule has 0 bridgehead atoms. The van der Waals surface area contributed by atoms with Crippen molar-refractivity contribution in [1.82, 2.24) is 4.98 Å². The van der Waals surface area contributed by atoms with E-state index in [1.165, 1.54) is 0 Å². The van der Waals surface area contributed by atoms with E-state index in [1.54, 1.807) is 31.2 Å². The summed E-state index contributed by atoms with van der Waals surface area (Å²) in [5.74, 6) is -1.37. The fourth-order valence-electron chi connectivity index (χ4n) is 3.77. The summed E-state index contributed by atoms with van der Waals surface area (Å²) in [7, 11) is 0. The Bertz CT molecular complexity index is 1200. The van der Waals surface area contributed by atoms with Crippen LogP contribution >= 0.6 is 11.6 Å². The van der Waals surface area contributed by atoms with E-state index in [9.17, 15) is 20.6 Å². The van der Waals surface area contributed by atoms with Crippen molar-refractivity contribution < 1.29 is 9.53 Å². The third kappa shape index (κ3) is 3.53. The number of aromatic nitrogens is 1. The van der Waals surface area contributed by atoms with E-state index < -0.39 is 17.3 Å². The molecule has 1 aliphatic rings. The second-order valence-electron chi connectivity index (χ2n) is 6.86. The van der Waals surface area contributed by atoms with Crippen LogP contribution in [0.15, 0.2) is 35.9 Å². The average Bonchev–Trinajstić information content (AvgIpc) is 2.74. The minimum Gasteiger partial charge on any atom is -0.463 e. The molecular weight excluding hydrogens is 416 g/mol. The summed E-state index contributed by atoms with van der Waals surface area (Å²) in [5.41, 5.74) is 11.7. The molecule has 1 aliphatic carbocycles. The van der Waals surface area contributed by atoms with Crippen LogP contribution in [0, 0.1) is 34.0 Å². The lowest BCUT2D eigenvalue weighted by molar-refractivity contribution is -0.137. The number of benzene rings is 1. The molecule has 9 heteroatoms. The molecule has 2 aromatic rings. The highest BCUT2D eigenvalue weighted by atomic mass is 35.5. The number of ether oxygens (including phenoxy) is 1. The molecule has 0 saturated carbocycles. The van der Waals surface area contributed by atoms with Gasteiger partial charge in [-0.15, -0.1) is 0 Å². The quantitative estimate of drug-likeness (QED) is 0.551. The van der Waals surface area contributed by atoms with Gasteiger partial charge in [-0.1, -0.05) is 23.7 Å². The molecule has 1 aromatic carbocycles. The SMILES string of the molecule is CCOC(=O)/C=C1\CC(c2ccc(Cl)cc2)c2c(nc(N)c(C#N)c2N)C1(C#N)C#N. The number of fused-ring (bicyclic) bond motifs is 1. The van der Waals surface area contributed by atoms with Crippen LogP contribution in [0.1, 0.15) is 41.6 Å². The summed E-state index contributed by atoms with van der Waals surface area (Å²) in [6.07, 6.45) is 1.25. The molecule has 0 fully saturated rings. The lowest BCUT2D eigenvalue weighted by atomic mass is 9.65. The van der Waals surface area contributed by atoms with Gasteiger partial charge in [-0.3, -0.25) is 0 Å². The Balaban J connectivity index is 2.40. The predicted molar refractivity (Wildman–Crippen MR) is 113 cm³/mol. The zero-order chi connectivity index (χ0) is 22.8. The Labute approximate surface area is 183 Å². The maximum absolute atomic E-state index is 12.2. The first kappa shape index (κ1) is 21.6. The van der Waals surface area contributed by atoms with Gasteiger partial charge >= 0.3 is 5.97 Å². The van der Waals surface area contributed by atoms with E-state index in [-0.39, 0.29) is 41.4 Å². The Hall–Kier alpha value is -4.06. The summed E-state index contributed by atoms with van der Waals surface area (Å²) in [6, 6.07) is 12.8. The van der Waals surface area contributed by atoms with Gasteiger partial charge < -0.3 is 16.2 Å². The van der Waals surface area contributed by atoms with Crippen LogP contribution in [0.25, 0.3) is 0 Å². The van der Waals surface area contributed by atoms with Crippen molar-refractivity contribution >= 4 is 29.1 Å². The molecular formula is C22H17ClN6O2. The zero-order valence-corrected chi connectivity index (χ0v) is 17.3. The third-order valence-corrected chi connectivity index (χ3v) is 5.46. The van der Waals surface area contributed by atoms with Gasteiger partial charge in [0.1, 0.15) is 17.5 Å². The first-order valence-corrected chi connectivity index (χ1v) is 9.65. The highest BCUT2D eigenvalue weighted by Gasteiger charge is 2.48. The van der Waals surface area contributed by atoms with Crippen molar-refractivity contribution in [2.24, 2.45) is 0 Å². The number of allylic oxidation sites excluding steroid dienone is 1. The first-order chi connectivity index (χ1) is 14.8. The number of nitriles is 3. The van der Waals surface area contributed by atoms with Crippen LogP contribution in [-0.2, 0) is 14.9 Å². The third-order valence-electron chi connectivity index (χ3n) is 5.21. The van der Waals surface area contributed by atoms with E-state index in [0.717, 1.165) is 11.6 Å². The monoisotopic (exact) mass is 432 g/mol. The molecule has 0 radical (unpaired) electrons. The lowest BCUT2D eigenvalue weighted by Gasteiger charge is -2.36. The normalized spacial score (nSPS) is 17.6. The van der Waals surface area contributed by atoms with Gasteiger partial charge in [-0.25, -0.2) is 9.78 Å². The van der Waals surface area contributed by atoms with Gasteiger partial charge in [-0.2, -0.15) is 15.8 Å². The summed E-state index contributed by atoms with van der Waals surface area (Å²) in [5, 5.41) is 30.1. The number of carbonyl (C=O) groups is 1. The van der Waals surface area contributed by atoms with Crippen molar-refractivity contribution in [1.29, 1.82) is 15.8 Å².